The van der Waals surface area contributed by atoms with Gasteiger partial charge in [-0.3, -0.25) is 4.79 Å². The molecule has 1 amide bonds. The zero-order chi connectivity index (χ0) is 16.5. The van der Waals surface area contributed by atoms with Gasteiger partial charge in [0.2, 0.25) is 0 Å². The highest BCUT2D eigenvalue weighted by molar-refractivity contribution is 5.94. The summed E-state index contributed by atoms with van der Waals surface area (Å²) in [6.45, 7) is 2.23. The molecule has 1 aliphatic heterocycles. The molecule has 3 aromatic rings. The first-order chi connectivity index (χ1) is 11.7. The first-order valence-corrected chi connectivity index (χ1v) is 7.56. The van der Waals surface area contributed by atoms with Crippen molar-refractivity contribution in [2.75, 3.05) is 31.1 Å². The van der Waals surface area contributed by atoms with Gasteiger partial charge < -0.3 is 9.80 Å². The molecular weight excluding hydrogens is 313 g/mol. The Morgan fingerprint density at radius 3 is 2.62 bits per heavy atom. The number of halogens is 1. The van der Waals surface area contributed by atoms with Gasteiger partial charge in [-0.15, -0.1) is 14.8 Å². The Morgan fingerprint density at radius 2 is 1.83 bits per heavy atom. The van der Waals surface area contributed by atoms with Crippen LogP contribution in [0.2, 0.25) is 0 Å². The third kappa shape index (κ3) is 2.53. The molecule has 0 atom stereocenters. The molecule has 2 aromatic heterocycles. The van der Waals surface area contributed by atoms with Gasteiger partial charge in [-0.2, -0.15) is 0 Å². The summed E-state index contributed by atoms with van der Waals surface area (Å²) in [5.41, 5.74) is 0.686. The van der Waals surface area contributed by atoms with Crippen molar-refractivity contribution < 1.29 is 9.18 Å². The monoisotopic (exact) mass is 327 g/mol. The normalized spacial score (nSPS) is 15.0. The number of carbonyl (C=O) groups is 1. The molecule has 3 heterocycles. The molecule has 0 saturated carbocycles. The maximum Gasteiger partial charge on any atom is 0.256 e. The highest BCUT2D eigenvalue weighted by Gasteiger charge is 2.24. The van der Waals surface area contributed by atoms with Crippen LogP contribution in [0.15, 0.2) is 36.4 Å². The van der Waals surface area contributed by atoms with Crippen LogP contribution in [0, 0.1) is 5.82 Å². The van der Waals surface area contributed by atoms with Crippen molar-refractivity contribution in [3.8, 4) is 0 Å². The number of tetrazole rings is 1. The van der Waals surface area contributed by atoms with E-state index in [1.807, 2.05) is 11.0 Å². The minimum Gasteiger partial charge on any atom is -0.352 e. The second-order valence-electron chi connectivity index (χ2n) is 5.48. The average Bonchev–Trinajstić information content (AvgIpc) is 3.09. The summed E-state index contributed by atoms with van der Waals surface area (Å²) in [7, 11) is 0. The van der Waals surface area contributed by atoms with Gasteiger partial charge in [-0.25, -0.2) is 4.39 Å². The molecule has 0 bridgehead atoms. The zero-order valence-corrected chi connectivity index (χ0v) is 12.7. The zero-order valence-electron chi connectivity index (χ0n) is 12.7. The number of benzene rings is 1. The van der Waals surface area contributed by atoms with Crippen molar-refractivity contribution in [1.82, 2.24) is 30.2 Å². The van der Waals surface area contributed by atoms with Crippen LogP contribution >= 0.6 is 0 Å². The number of nitrogens with zero attached hydrogens (tertiary/aromatic N) is 7. The highest BCUT2D eigenvalue weighted by Crippen LogP contribution is 2.16. The molecule has 1 aromatic carbocycles. The smallest absolute Gasteiger partial charge is 0.256 e. The van der Waals surface area contributed by atoms with Crippen molar-refractivity contribution in [3.05, 3.63) is 47.8 Å². The molecule has 1 aliphatic rings. The van der Waals surface area contributed by atoms with E-state index < -0.39 is 5.82 Å². The predicted octanol–water partition coefficient (Wildman–Crippen LogP) is 0.621. The summed E-state index contributed by atoms with van der Waals surface area (Å²) in [6.07, 6.45) is 0. The van der Waals surface area contributed by atoms with E-state index in [1.165, 1.54) is 16.8 Å². The molecule has 1 fully saturated rings. The van der Waals surface area contributed by atoms with Gasteiger partial charge in [-0.1, -0.05) is 12.1 Å². The molecular formula is C15H14FN7O. The van der Waals surface area contributed by atoms with E-state index in [0.29, 0.717) is 31.8 Å². The molecule has 0 spiro atoms. The molecule has 0 unspecified atom stereocenters. The van der Waals surface area contributed by atoms with E-state index in [-0.39, 0.29) is 11.5 Å². The molecule has 4 rings (SSSR count). The molecule has 0 radical (unpaired) electrons. The lowest BCUT2D eigenvalue weighted by molar-refractivity contribution is 0.0741. The number of carbonyl (C=O) groups excluding carboxylic acids is 1. The van der Waals surface area contributed by atoms with Crippen LogP contribution in [0.25, 0.3) is 5.65 Å². The number of hydrogen-bond acceptors (Lipinski definition) is 6. The van der Waals surface area contributed by atoms with E-state index >= 15 is 0 Å². The third-order valence-electron chi connectivity index (χ3n) is 4.05. The number of aromatic nitrogens is 5. The Kier molecular flexibility index (Phi) is 3.52. The quantitative estimate of drug-likeness (QED) is 0.686. The Balaban J connectivity index is 1.46. The van der Waals surface area contributed by atoms with Crippen LogP contribution < -0.4 is 4.90 Å². The molecule has 0 aliphatic carbocycles. The van der Waals surface area contributed by atoms with Gasteiger partial charge in [0.1, 0.15) is 5.82 Å². The van der Waals surface area contributed by atoms with Crippen molar-refractivity contribution in [3.63, 3.8) is 0 Å². The van der Waals surface area contributed by atoms with E-state index in [1.54, 1.807) is 23.1 Å². The van der Waals surface area contributed by atoms with Crippen LogP contribution in [0.3, 0.4) is 0 Å². The van der Waals surface area contributed by atoms with Gasteiger partial charge in [0.15, 0.2) is 11.5 Å². The fourth-order valence-electron chi connectivity index (χ4n) is 2.75. The molecule has 122 valence electrons. The number of amides is 1. The van der Waals surface area contributed by atoms with Crippen LogP contribution in [-0.2, 0) is 0 Å². The number of rotatable bonds is 2. The van der Waals surface area contributed by atoms with Gasteiger partial charge in [0.25, 0.3) is 5.91 Å². The summed E-state index contributed by atoms with van der Waals surface area (Å²) in [5, 5.41) is 15.5. The fourth-order valence-corrected chi connectivity index (χ4v) is 2.75. The van der Waals surface area contributed by atoms with E-state index in [2.05, 4.69) is 20.6 Å². The summed E-state index contributed by atoms with van der Waals surface area (Å²) < 4.78 is 15.1. The SMILES string of the molecule is O=C(c1ccccc1F)N1CCN(c2ccc3nnnn3n2)CC1. The van der Waals surface area contributed by atoms with Crippen molar-refractivity contribution in [1.29, 1.82) is 0 Å². The number of anilines is 1. The summed E-state index contributed by atoms with van der Waals surface area (Å²) in [4.78, 5) is 16.1. The van der Waals surface area contributed by atoms with Crippen LogP contribution in [-0.4, -0.2) is 62.2 Å². The predicted molar refractivity (Wildman–Crippen MR) is 83.1 cm³/mol. The lowest BCUT2D eigenvalue weighted by Crippen LogP contribution is -2.49. The summed E-state index contributed by atoms with van der Waals surface area (Å²) >= 11 is 0. The third-order valence-corrected chi connectivity index (χ3v) is 4.05. The summed E-state index contributed by atoms with van der Waals surface area (Å²) in [5.74, 6) is -0.0276. The second kappa shape index (κ2) is 5.84. The van der Waals surface area contributed by atoms with Crippen LogP contribution in [0.5, 0.6) is 0 Å². The first-order valence-electron chi connectivity index (χ1n) is 7.56. The van der Waals surface area contributed by atoms with Gasteiger partial charge in [0, 0.05) is 26.2 Å². The van der Waals surface area contributed by atoms with E-state index in [9.17, 15) is 9.18 Å². The van der Waals surface area contributed by atoms with E-state index in [4.69, 9.17) is 0 Å². The Labute approximate surface area is 136 Å². The molecule has 1 saturated heterocycles. The molecule has 8 nitrogen and oxygen atoms in total. The molecule has 24 heavy (non-hydrogen) atoms. The Morgan fingerprint density at radius 1 is 1.04 bits per heavy atom. The highest BCUT2D eigenvalue weighted by atomic mass is 19.1. The van der Waals surface area contributed by atoms with Gasteiger partial charge >= 0.3 is 0 Å². The van der Waals surface area contributed by atoms with Crippen molar-refractivity contribution in [2.24, 2.45) is 0 Å². The van der Waals surface area contributed by atoms with Crippen molar-refractivity contribution >= 4 is 17.4 Å². The standard InChI is InChI=1S/C15H14FN7O/c16-12-4-2-1-3-11(12)15(24)22-9-7-21(8-10-22)14-6-5-13-17-19-20-23(13)18-14/h1-6H,7-10H2. The average molecular weight is 327 g/mol. The van der Waals surface area contributed by atoms with Crippen LogP contribution in [0.1, 0.15) is 10.4 Å². The second-order valence-corrected chi connectivity index (χ2v) is 5.48. The molecule has 0 N–H and O–H groups in total. The Hall–Kier alpha value is -3.10. The van der Waals surface area contributed by atoms with Gasteiger partial charge in [0.05, 0.1) is 5.56 Å². The van der Waals surface area contributed by atoms with Crippen LogP contribution in [0.4, 0.5) is 10.2 Å². The van der Waals surface area contributed by atoms with Gasteiger partial charge in [-0.05, 0) is 34.7 Å². The minimum atomic E-state index is -0.490. The maximum atomic E-state index is 13.8. The number of piperazine rings is 1. The lowest BCUT2D eigenvalue weighted by Gasteiger charge is -2.35. The largest absolute Gasteiger partial charge is 0.352 e. The van der Waals surface area contributed by atoms with Crippen molar-refractivity contribution in [2.45, 2.75) is 0 Å². The minimum absolute atomic E-state index is 0.110. The maximum absolute atomic E-state index is 13.8. The fraction of sp³-hybridized carbons (Fsp3) is 0.267. The van der Waals surface area contributed by atoms with E-state index in [0.717, 1.165) is 5.82 Å². The summed E-state index contributed by atoms with van der Waals surface area (Å²) in [6, 6.07) is 9.69. The topological polar surface area (TPSA) is 79.5 Å². The number of hydrogen-bond donors (Lipinski definition) is 0. The lowest BCUT2D eigenvalue weighted by atomic mass is 10.1. The molecule has 9 heteroatoms. The first kappa shape index (κ1) is 14.5. The Bertz CT molecular complexity index is 888. The number of fused-ring (bicyclic) bond motifs is 1.